The number of hydrogen-bond donors (Lipinski definition) is 0. The van der Waals surface area contributed by atoms with Gasteiger partial charge < -0.3 is 4.74 Å². The highest BCUT2D eigenvalue weighted by Gasteiger charge is 2.59. The summed E-state index contributed by atoms with van der Waals surface area (Å²) in [5, 5.41) is 0. The maximum absolute atomic E-state index is 11.9. The van der Waals surface area contributed by atoms with Crippen molar-refractivity contribution in [1.82, 2.24) is 0 Å². The van der Waals surface area contributed by atoms with Crippen LogP contribution in [0.1, 0.15) is 92.4 Å². The Labute approximate surface area is 165 Å². The van der Waals surface area contributed by atoms with Crippen LogP contribution >= 0.6 is 0 Å². The van der Waals surface area contributed by atoms with Gasteiger partial charge in [-0.3, -0.25) is 9.59 Å². The van der Waals surface area contributed by atoms with Gasteiger partial charge >= 0.3 is 5.97 Å². The smallest absolute Gasteiger partial charge is 0.305 e. The fraction of sp³-hybridized carbons (Fsp3) is 0.833. The molecule has 0 saturated heterocycles. The predicted octanol–water partition coefficient (Wildman–Crippen LogP) is 5.87. The Morgan fingerprint density at radius 2 is 1.81 bits per heavy atom. The molecular formula is C24H38O3. The highest BCUT2D eigenvalue weighted by atomic mass is 16.5. The molecule has 4 aliphatic carbocycles. The van der Waals surface area contributed by atoms with Crippen LogP contribution in [0.2, 0.25) is 0 Å². The summed E-state index contributed by atoms with van der Waals surface area (Å²) in [6, 6.07) is 0. The van der Waals surface area contributed by atoms with E-state index in [9.17, 15) is 9.59 Å². The summed E-state index contributed by atoms with van der Waals surface area (Å²) in [7, 11) is 0. The minimum Gasteiger partial charge on any atom is -0.462 e. The topological polar surface area (TPSA) is 43.4 Å². The molecule has 6 atom stereocenters. The Morgan fingerprint density at radius 1 is 1.07 bits per heavy atom. The van der Waals surface area contributed by atoms with Crippen molar-refractivity contribution < 1.29 is 14.3 Å². The first-order valence-corrected chi connectivity index (χ1v) is 11.3. The van der Waals surface area contributed by atoms with Crippen LogP contribution in [-0.2, 0) is 14.3 Å². The summed E-state index contributed by atoms with van der Waals surface area (Å²) >= 11 is 0. The molecule has 4 rings (SSSR count). The highest BCUT2D eigenvalue weighted by molar-refractivity contribution is 5.91. The lowest BCUT2D eigenvalue weighted by molar-refractivity contribution is -0.159. The van der Waals surface area contributed by atoms with Gasteiger partial charge in [-0.2, -0.15) is 0 Å². The summed E-state index contributed by atoms with van der Waals surface area (Å²) in [5.41, 5.74) is 1.82. The van der Waals surface area contributed by atoms with E-state index in [1.807, 2.05) is 26.8 Å². The molecule has 3 heteroatoms. The van der Waals surface area contributed by atoms with Crippen molar-refractivity contribution in [2.45, 2.75) is 98.5 Å². The van der Waals surface area contributed by atoms with Gasteiger partial charge in [0.2, 0.25) is 0 Å². The molecule has 0 N–H and O–H groups in total. The number of rotatable bonds is 2. The minimum absolute atomic E-state index is 0.0411. The average molecular weight is 375 g/mol. The van der Waals surface area contributed by atoms with Crippen LogP contribution in [0.4, 0.5) is 0 Å². The Bertz CT molecular complexity index is 621. The molecule has 0 aromatic heterocycles. The number of hydrogen-bond acceptors (Lipinski definition) is 3. The molecule has 0 bridgehead atoms. The van der Waals surface area contributed by atoms with Crippen LogP contribution < -0.4 is 0 Å². The van der Waals surface area contributed by atoms with Crippen molar-refractivity contribution in [1.29, 1.82) is 0 Å². The van der Waals surface area contributed by atoms with Crippen molar-refractivity contribution in [3.05, 3.63) is 11.6 Å². The van der Waals surface area contributed by atoms with Gasteiger partial charge in [-0.1, -0.05) is 40.2 Å². The minimum atomic E-state index is -0.0411. The summed E-state index contributed by atoms with van der Waals surface area (Å²) < 4.78 is 5.86. The SMILES string of the molecule is CC.CCC(=O)OC1CCC2C3CCC4=CC(=O)CCC4(C)C3CCC12C. The molecule has 6 unspecified atom stereocenters. The maximum Gasteiger partial charge on any atom is 0.305 e. The largest absolute Gasteiger partial charge is 0.462 e. The van der Waals surface area contributed by atoms with E-state index in [1.54, 1.807) is 0 Å². The van der Waals surface area contributed by atoms with E-state index >= 15 is 0 Å². The lowest BCUT2D eigenvalue weighted by Gasteiger charge is -2.57. The van der Waals surface area contributed by atoms with Gasteiger partial charge in [0.05, 0.1) is 0 Å². The van der Waals surface area contributed by atoms with Crippen LogP contribution in [0.3, 0.4) is 0 Å². The second-order valence-electron chi connectivity index (χ2n) is 9.42. The average Bonchev–Trinajstić information content (AvgIpc) is 3.00. The van der Waals surface area contributed by atoms with Gasteiger partial charge in [0.25, 0.3) is 0 Å². The van der Waals surface area contributed by atoms with E-state index in [-0.39, 0.29) is 22.9 Å². The van der Waals surface area contributed by atoms with Crippen molar-refractivity contribution in [3.8, 4) is 0 Å². The Balaban J connectivity index is 0.00000102. The van der Waals surface area contributed by atoms with Gasteiger partial charge in [0.15, 0.2) is 5.78 Å². The fourth-order valence-corrected chi connectivity index (χ4v) is 6.95. The van der Waals surface area contributed by atoms with Gasteiger partial charge in [-0.15, -0.1) is 0 Å². The van der Waals surface area contributed by atoms with Crippen LogP contribution in [0.15, 0.2) is 11.6 Å². The zero-order valence-corrected chi connectivity index (χ0v) is 18.0. The number of allylic oxidation sites excluding steroid dienone is 1. The second kappa shape index (κ2) is 7.72. The predicted molar refractivity (Wildman–Crippen MR) is 108 cm³/mol. The molecule has 3 fully saturated rings. The fourth-order valence-electron chi connectivity index (χ4n) is 6.95. The molecule has 0 aliphatic heterocycles. The zero-order valence-electron chi connectivity index (χ0n) is 18.0. The summed E-state index contributed by atoms with van der Waals surface area (Å²) in [5.74, 6) is 2.41. The number of fused-ring (bicyclic) bond motifs is 5. The first-order valence-electron chi connectivity index (χ1n) is 11.3. The van der Waals surface area contributed by atoms with E-state index in [0.29, 0.717) is 24.0 Å². The van der Waals surface area contributed by atoms with E-state index in [2.05, 4.69) is 13.8 Å². The number of ketones is 1. The number of carbonyl (C=O) groups excluding carboxylic acids is 2. The van der Waals surface area contributed by atoms with Crippen molar-refractivity contribution in [2.24, 2.45) is 28.6 Å². The molecule has 0 spiro atoms. The number of carbonyl (C=O) groups is 2. The molecule has 152 valence electrons. The zero-order chi connectivity index (χ0) is 19.8. The number of esters is 1. The highest BCUT2D eigenvalue weighted by Crippen LogP contribution is 2.65. The van der Waals surface area contributed by atoms with Crippen LogP contribution in [-0.4, -0.2) is 17.9 Å². The van der Waals surface area contributed by atoms with Crippen LogP contribution in [0, 0.1) is 28.6 Å². The molecule has 3 saturated carbocycles. The molecule has 0 amide bonds. The van der Waals surface area contributed by atoms with Crippen molar-refractivity contribution in [2.75, 3.05) is 0 Å². The lowest BCUT2D eigenvalue weighted by Crippen LogP contribution is -2.51. The van der Waals surface area contributed by atoms with Crippen molar-refractivity contribution in [3.63, 3.8) is 0 Å². The van der Waals surface area contributed by atoms with E-state index in [4.69, 9.17) is 4.74 Å². The molecule has 0 heterocycles. The molecule has 4 aliphatic rings. The summed E-state index contributed by atoms with van der Waals surface area (Å²) in [6.45, 7) is 10.7. The third-order valence-electron chi connectivity index (χ3n) is 8.44. The Hall–Kier alpha value is -1.12. The quantitative estimate of drug-likeness (QED) is 0.568. The normalized spacial score (nSPS) is 42.7. The van der Waals surface area contributed by atoms with E-state index in [1.165, 1.54) is 24.8 Å². The summed E-state index contributed by atoms with van der Waals surface area (Å²) in [4.78, 5) is 23.8. The van der Waals surface area contributed by atoms with Gasteiger partial charge in [0.1, 0.15) is 6.10 Å². The first kappa shape index (κ1) is 20.6. The third-order valence-corrected chi connectivity index (χ3v) is 8.44. The standard InChI is InChI=1S/C22H32O3.C2H6/c1-4-20(24)25-19-8-7-17-16-6-5-14-13-15(23)9-11-21(14,2)18(16)10-12-22(17,19)3;1-2/h13,16-19H,4-12H2,1-3H3;1-2H3. The lowest BCUT2D eigenvalue weighted by atomic mass is 9.47. The third kappa shape index (κ3) is 3.29. The molecular weight excluding hydrogens is 336 g/mol. The first-order chi connectivity index (χ1) is 12.9. The van der Waals surface area contributed by atoms with Gasteiger partial charge in [-0.05, 0) is 74.2 Å². The molecule has 3 nitrogen and oxygen atoms in total. The molecule has 0 radical (unpaired) electrons. The molecule has 0 aromatic carbocycles. The Morgan fingerprint density at radius 3 is 2.52 bits per heavy atom. The monoisotopic (exact) mass is 374 g/mol. The second-order valence-corrected chi connectivity index (χ2v) is 9.42. The van der Waals surface area contributed by atoms with Crippen LogP contribution in [0.5, 0.6) is 0 Å². The van der Waals surface area contributed by atoms with Gasteiger partial charge in [-0.25, -0.2) is 0 Å². The number of ether oxygens (including phenoxy) is 1. The van der Waals surface area contributed by atoms with E-state index < -0.39 is 0 Å². The van der Waals surface area contributed by atoms with Crippen LogP contribution in [0.25, 0.3) is 0 Å². The molecule has 27 heavy (non-hydrogen) atoms. The Kier molecular flexibility index (Phi) is 5.89. The van der Waals surface area contributed by atoms with Crippen molar-refractivity contribution >= 4 is 11.8 Å². The van der Waals surface area contributed by atoms with Gasteiger partial charge in [0, 0.05) is 18.3 Å². The van der Waals surface area contributed by atoms with E-state index in [0.717, 1.165) is 38.0 Å². The summed E-state index contributed by atoms with van der Waals surface area (Å²) in [6.07, 6.45) is 11.3. The maximum atomic E-state index is 11.9. The molecule has 0 aromatic rings.